The number of rotatable bonds is 3. The molecule has 1 atom stereocenters. The van der Waals surface area contributed by atoms with Gasteiger partial charge in [0.1, 0.15) is 17.6 Å². The molecule has 2 N–H and O–H groups in total. The second-order valence-electron chi connectivity index (χ2n) is 5.30. The van der Waals surface area contributed by atoms with Crippen LogP contribution in [0.25, 0.3) is 11.5 Å². The van der Waals surface area contributed by atoms with Crippen molar-refractivity contribution in [1.29, 1.82) is 0 Å². The zero-order valence-electron chi connectivity index (χ0n) is 12.5. The summed E-state index contributed by atoms with van der Waals surface area (Å²) < 4.78 is 39.3. The van der Waals surface area contributed by atoms with E-state index >= 15 is 0 Å². The van der Waals surface area contributed by atoms with Crippen LogP contribution >= 0.6 is 0 Å². The van der Waals surface area contributed by atoms with E-state index in [0.29, 0.717) is 13.0 Å². The second-order valence-corrected chi connectivity index (χ2v) is 5.30. The number of anilines is 1. The molecular weight excluding hydrogens is 323 g/mol. The summed E-state index contributed by atoms with van der Waals surface area (Å²) in [5.41, 5.74) is -0.864. The number of amides is 1. The summed E-state index contributed by atoms with van der Waals surface area (Å²) in [4.78, 5) is 23.4. The topological polar surface area (TPSA) is 79.8 Å². The van der Waals surface area contributed by atoms with E-state index in [4.69, 9.17) is 0 Å². The quantitative estimate of drug-likeness (QED) is 0.898. The molecule has 1 fully saturated rings. The molecule has 2 aromatic rings. The van der Waals surface area contributed by atoms with E-state index in [2.05, 4.69) is 25.6 Å². The zero-order valence-corrected chi connectivity index (χ0v) is 12.5. The number of piperidine rings is 1. The Balaban J connectivity index is 1.97. The van der Waals surface area contributed by atoms with E-state index in [9.17, 15) is 18.0 Å². The monoisotopic (exact) mass is 337 g/mol. The van der Waals surface area contributed by atoms with Crippen LogP contribution in [0, 0.1) is 0 Å². The molecule has 3 rings (SSSR count). The lowest BCUT2D eigenvalue weighted by Gasteiger charge is -2.23. The minimum atomic E-state index is -4.63. The molecule has 0 saturated carbocycles. The minimum absolute atomic E-state index is 0.0555. The molecular formula is C15H14F3N5O. The van der Waals surface area contributed by atoms with Crippen molar-refractivity contribution in [3.05, 3.63) is 36.2 Å². The Morgan fingerprint density at radius 3 is 2.75 bits per heavy atom. The van der Waals surface area contributed by atoms with Gasteiger partial charge >= 0.3 is 6.18 Å². The molecule has 9 heteroatoms. The van der Waals surface area contributed by atoms with E-state index in [0.717, 1.165) is 12.5 Å². The van der Waals surface area contributed by atoms with Crippen LogP contribution in [0.5, 0.6) is 0 Å². The van der Waals surface area contributed by atoms with Crippen molar-refractivity contribution in [3.8, 4) is 11.5 Å². The molecule has 1 unspecified atom stereocenters. The van der Waals surface area contributed by atoms with Gasteiger partial charge in [-0.1, -0.05) is 6.07 Å². The van der Waals surface area contributed by atoms with E-state index < -0.39 is 17.9 Å². The van der Waals surface area contributed by atoms with Crippen LogP contribution in [0.3, 0.4) is 0 Å². The lowest BCUT2D eigenvalue weighted by molar-refractivity contribution is -0.141. The van der Waals surface area contributed by atoms with Gasteiger partial charge < -0.3 is 10.6 Å². The van der Waals surface area contributed by atoms with Gasteiger partial charge in [-0.15, -0.1) is 0 Å². The van der Waals surface area contributed by atoms with Crippen LogP contribution in [-0.2, 0) is 11.0 Å². The fraction of sp³-hybridized carbons (Fsp3) is 0.333. The summed E-state index contributed by atoms with van der Waals surface area (Å²) >= 11 is 0. The van der Waals surface area contributed by atoms with Crippen LogP contribution in [0.1, 0.15) is 18.5 Å². The van der Waals surface area contributed by atoms with Crippen molar-refractivity contribution in [2.75, 3.05) is 11.9 Å². The molecule has 1 amide bonds. The van der Waals surface area contributed by atoms with Gasteiger partial charge in [-0.25, -0.2) is 9.97 Å². The first kappa shape index (κ1) is 16.2. The Kier molecular flexibility index (Phi) is 4.32. The summed E-state index contributed by atoms with van der Waals surface area (Å²) in [7, 11) is 0. The first-order valence-corrected chi connectivity index (χ1v) is 7.35. The average molecular weight is 337 g/mol. The molecule has 0 spiro atoms. The van der Waals surface area contributed by atoms with Crippen LogP contribution in [0.15, 0.2) is 30.5 Å². The first-order valence-electron chi connectivity index (χ1n) is 7.35. The highest BCUT2D eigenvalue weighted by Gasteiger charge is 2.34. The third kappa shape index (κ3) is 3.61. The fourth-order valence-corrected chi connectivity index (χ4v) is 2.36. The van der Waals surface area contributed by atoms with E-state index in [1.54, 1.807) is 12.1 Å². The molecule has 6 nitrogen and oxygen atoms in total. The van der Waals surface area contributed by atoms with Crippen molar-refractivity contribution in [2.45, 2.75) is 25.1 Å². The average Bonchev–Trinajstić information content (AvgIpc) is 2.57. The Labute approximate surface area is 135 Å². The molecule has 24 heavy (non-hydrogen) atoms. The van der Waals surface area contributed by atoms with Crippen LogP contribution in [-0.4, -0.2) is 33.4 Å². The number of hydrogen-bond donors (Lipinski definition) is 2. The minimum Gasteiger partial charge on any atom is -0.358 e. The lowest BCUT2D eigenvalue weighted by Crippen LogP contribution is -2.44. The van der Waals surface area contributed by atoms with E-state index in [1.165, 1.54) is 12.3 Å². The molecule has 0 aliphatic carbocycles. The zero-order chi connectivity index (χ0) is 17.2. The number of halogens is 3. The third-order valence-electron chi connectivity index (χ3n) is 3.52. The van der Waals surface area contributed by atoms with Crippen LogP contribution in [0.2, 0.25) is 0 Å². The van der Waals surface area contributed by atoms with Crippen molar-refractivity contribution >= 4 is 11.7 Å². The molecule has 0 aromatic carbocycles. The molecule has 126 valence electrons. The van der Waals surface area contributed by atoms with Gasteiger partial charge in [-0.2, -0.15) is 13.2 Å². The first-order chi connectivity index (χ1) is 11.4. The summed E-state index contributed by atoms with van der Waals surface area (Å²) in [6, 6.07) is 4.98. The van der Waals surface area contributed by atoms with Gasteiger partial charge in [-0.3, -0.25) is 9.78 Å². The van der Waals surface area contributed by atoms with Crippen molar-refractivity contribution in [3.63, 3.8) is 0 Å². The van der Waals surface area contributed by atoms with Gasteiger partial charge in [0.05, 0.1) is 0 Å². The predicted octanol–water partition coefficient (Wildman–Crippen LogP) is 2.25. The largest absolute Gasteiger partial charge is 0.433 e. The Bertz CT molecular complexity index is 736. The Morgan fingerprint density at radius 2 is 2.08 bits per heavy atom. The highest BCUT2D eigenvalue weighted by atomic mass is 19.4. The molecule has 3 heterocycles. The summed E-state index contributed by atoms with van der Waals surface area (Å²) in [5, 5.41) is 5.43. The van der Waals surface area contributed by atoms with Crippen LogP contribution in [0.4, 0.5) is 19.0 Å². The maximum atomic E-state index is 13.1. The highest BCUT2D eigenvalue weighted by Crippen LogP contribution is 2.30. The summed E-state index contributed by atoms with van der Waals surface area (Å²) in [6.45, 7) is 0.563. The highest BCUT2D eigenvalue weighted by molar-refractivity contribution is 5.85. The number of pyridine rings is 1. The normalized spacial score (nSPS) is 18.1. The number of aromatic nitrogens is 3. The maximum Gasteiger partial charge on any atom is 0.433 e. The molecule has 2 aromatic heterocycles. The lowest BCUT2D eigenvalue weighted by atomic mass is 10.1. The number of alkyl halides is 3. The smallest absolute Gasteiger partial charge is 0.358 e. The van der Waals surface area contributed by atoms with Crippen molar-refractivity contribution in [1.82, 2.24) is 20.3 Å². The molecule has 0 radical (unpaired) electrons. The SMILES string of the molecule is O=C1NCCCC1Nc1cc(C(F)(F)F)nc(-c2ccccn2)n1. The maximum absolute atomic E-state index is 13.1. The predicted molar refractivity (Wildman–Crippen MR) is 79.9 cm³/mol. The van der Waals surface area contributed by atoms with Gasteiger partial charge in [-0.05, 0) is 25.0 Å². The van der Waals surface area contributed by atoms with Gasteiger partial charge in [0.2, 0.25) is 5.91 Å². The number of hydrogen-bond acceptors (Lipinski definition) is 5. The third-order valence-corrected chi connectivity index (χ3v) is 3.52. The molecule has 1 aliphatic rings. The Hall–Kier alpha value is -2.71. The number of carbonyl (C=O) groups excluding carboxylic acids is 1. The van der Waals surface area contributed by atoms with Crippen LogP contribution < -0.4 is 10.6 Å². The fourth-order valence-electron chi connectivity index (χ4n) is 2.36. The van der Waals surface area contributed by atoms with Gasteiger partial charge in [0.25, 0.3) is 0 Å². The number of nitrogens with zero attached hydrogens (tertiary/aromatic N) is 3. The summed E-state index contributed by atoms with van der Waals surface area (Å²) in [5.74, 6) is -0.461. The second kappa shape index (κ2) is 6.42. The number of carbonyl (C=O) groups is 1. The van der Waals surface area contributed by atoms with Gasteiger partial charge in [0.15, 0.2) is 11.5 Å². The molecule has 1 saturated heterocycles. The summed E-state index contributed by atoms with van der Waals surface area (Å²) in [6.07, 6.45) is -1.91. The Morgan fingerprint density at radius 1 is 1.25 bits per heavy atom. The van der Waals surface area contributed by atoms with Crippen molar-refractivity contribution < 1.29 is 18.0 Å². The molecule has 0 bridgehead atoms. The molecule has 1 aliphatic heterocycles. The van der Waals surface area contributed by atoms with E-state index in [1.807, 2.05) is 0 Å². The number of nitrogens with one attached hydrogen (secondary N) is 2. The standard InChI is InChI=1S/C15H14F3N5O/c16-15(17,18)11-8-12(21-10-5-3-7-20-14(10)24)23-13(22-11)9-4-1-2-6-19-9/h1-2,4,6,8,10H,3,5,7H2,(H,20,24)(H,21,22,23). The van der Waals surface area contributed by atoms with Crippen molar-refractivity contribution in [2.24, 2.45) is 0 Å². The van der Waals surface area contributed by atoms with Gasteiger partial charge in [0, 0.05) is 18.8 Å². The van der Waals surface area contributed by atoms with E-state index in [-0.39, 0.29) is 23.2 Å².